The standard InChI is InChI=1S/C16H14F3NO/c17-13-6-7-15(21-9-12-4-2-1-3-5-12)14(8-13)20-10-16(18,19)11-20/h1-8H,9-11H2. The van der Waals surface area contributed by atoms with Crippen molar-refractivity contribution in [3.8, 4) is 5.75 Å². The van der Waals surface area contributed by atoms with Gasteiger partial charge in [0.2, 0.25) is 0 Å². The lowest BCUT2D eigenvalue weighted by Crippen LogP contribution is -2.56. The summed E-state index contributed by atoms with van der Waals surface area (Å²) >= 11 is 0. The smallest absolute Gasteiger partial charge is 0.282 e. The molecular weight excluding hydrogens is 279 g/mol. The van der Waals surface area contributed by atoms with Crippen LogP contribution < -0.4 is 9.64 Å². The molecule has 1 fully saturated rings. The first-order valence-corrected chi connectivity index (χ1v) is 6.63. The molecule has 1 aliphatic rings. The normalized spacial score (nSPS) is 16.4. The number of anilines is 1. The Hall–Kier alpha value is -2.17. The van der Waals surface area contributed by atoms with Gasteiger partial charge in [0, 0.05) is 6.07 Å². The van der Waals surface area contributed by atoms with E-state index < -0.39 is 24.8 Å². The molecule has 0 saturated carbocycles. The van der Waals surface area contributed by atoms with Crippen molar-refractivity contribution in [3.05, 3.63) is 59.9 Å². The maximum atomic E-state index is 13.4. The van der Waals surface area contributed by atoms with E-state index in [1.54, 1.807) is 0 Å². The maximum absolute atomic E-state index is 13.4. The summed E-state index contributed by atoms with van der Waals surface area (Å²) in [6, 6.07) is 13.5. The van der Waals surface area contributed by atoms with Gasteiger partial charge in [-0.2, -0.15) is 0 Å². The fourth-order valence-electron chi connectivity index (χ4n) is 2.28. The zero-order valence-electron chi connectivity index (χ0n) is 11.2. The average Bonchev–Trinajstić information content (AvgIpc) is 2.44. The molecule has 2 aromatic carbocycles. The molecule has 0 radical (unpaired) electrons. The van der Waals surface area contributed by atoms with Crippen LogP contribution in [0.15, 0.2) is 48.5 Å². The van der Waals surface area contributed by atoms with Crippen LogP contribution in [-0.4, -0.2) is 19.0 Å². The van der Waals surface area contributed by atoms with Crippen molar-refractivity contribution in [2.24, 2.45) is 0 Å². The molecule has 0 amide bonds. The van der Waals surface area contributed by atoms with Gasteiger partial charge in [0.15, 0.2) is 0 Å². The van der Waals surface area contributed by atoms with Crippen LogP contribution in [0.2, 0.25) is 0 Å². The van der Waals surface area contributed by atoms with Crippen LogP contribution in [0.5, 0.6) is 5.75 Å². The van der Waals surface area contributed by atoms with Gasteiger partial charge in [-0.1, -0.05) is 30.3 Å². The minimum atomic E-state index is -2.71. The van der Waals surface area contributed by atoms with Crippen LogP contribution in [0.3, 0.4) is 0 Å². The molecular formula is C16H14F3NO. The van der Waals surface area contributed by atoms with Crippen LogP contribution >= 0.6 is 0 Å². The summed E-state index contributed by atoms with van der Waals surface area (Å²) in [6.45, 7) is -0.500. The topological polar surface area (TPSA) is 12.5 Å². The Morgan fingerprint density at radius 1 is 1.05 bits per heavy atom. The monoisotopic (exact) mass is 293 g/mol. The molecule has 0 unspecified atom stereocenters. The Morgan fingerprint density at radius 3 is 2.43 bits per heavy atom. The number of halogens is 3. The molecule has 0 atom stereocenters. The third-order valence-electron chi connectivity index (χ3n) is 3.34. The first-order chi connectivity index (χ1) is 10.0. The van der Waals surface area contributed by atoms with Crippen LogP contribution in [0, 0.1) is 5.82 Å². The number of benzene rings is 2. The van der Waals surface area contributed by atoms with Gasteiger partial charge >= 0.3 is 0 Å². The van der Waals surface area contributed by atoms with Gasteiger partial charge in [-0.3, -0.25) is 0 Å². The van der Waals surface area contributed by atoms with E-state index in [0.717, 1.165) is 5.56 Å². The second-order valence-corrected chi connectivity index (χ2v) is 5.10. The highest BCUT2D eigenvalue weighted by atomic mass is 19.3. The highest BCUT2D eigenvalue weighted by Crippen LogP contribution is 2.38. The third-order valence-corrected chi connectivity index (χ3v) is 3.34. The van der Waals surface area contributed by atoms with E-state index in [1.165, 1.54) is 23.1 Å². The second-order valence-electron chi connectivity index (χ2n) is 5.10. The molecule has 1 saturated heterocycles. The van der Waals surface area contributed by atoms with Gasteiger partial charge in [-0.15, -0.1) is 0 Å². The summed E-state index contributed by atoms with van der Waals surface area (Å²) < 4.78 is 45.0. The minimum Gasteiger partial charge on any atom is -0.487 e. The van der Waals surface area contributed by atoms with Crippen molar-refractivity contribution in [3.63, 3.8) is 0 Å². The molecule has 0 aliphatic carbocycles. The largest absolute Gasteiger partial charge is 0.487 e. The Bertz CT molecular complexity index is 623. The number of hydrogen-bond donors (Lipinski definition) is 0. The number of alkyl halides is 2. The molecule has 0 aromatic heterocycles. The quantitative estimate of drug-likeness (QED) is 0.848. The van der Waals surface area contributed by atoms with Gasteiger partial charge in [0.05, 0.1) is 18.8 Å². The first kappa shape index (κ1) is 13.8. The van der Waals surface area contributed by atoms with Gasteiger partial charge in [-0.05, 0) is 17.7 Å². The summed E-state index contributed by atoms with van der Waals surface area (Å²) in [5.74, 6) is -2.76. The molecule has 0 bridgehead atoms. The van der Waals surface area contributed by atoms with E-state index in [1.807, 2.05) is 30.3 Å². The van der Waals surface area contributed by atoms with Crippen molar-refractivity contribution >= 4 is 5.69 Å². The lowest BCUT2D eigenvalue weighted by Gasteiger charge is -2.41. The Morgan fingerprint density at radius 2 is 1.76 bits per heavy atom. The van der Waals surface area contributed by atoms with Crippen molar-refractivity contribution in [1.82, 2.24) is 0 Å². The van der Waals surface area contributed by atoms with Crippen LogP contribution in [-0.2, 0) is 6.61 Å². The number of nitrogens with zero attached hydrogens (tertiary/aromatic N) is 1. The first-order valence-electron chi connectivity index (χ1n) is 6.63. The zero-order valence-corrected chi connectivity index (χ0v) is 11.2. The van der Waals surface area contributed by atoms with E-state index in [0.29, 0.717) is 18.0 Å². The fraction of sp³-hybridized carbons (Fsp3) is 0.250. The lowest BCUT2D eigenvalue weighted by atomic mass is 10.1. The van der Waals surface area contributed by atoms with Gasteiger partial charge in [0.25, 0.3) is 5.92 Å². The van der Waals surface area contributed by atoms with Crippen LogP contribution in [0.4, 0.5) is 18.9 Å². The molecule has 0 N–H and O–H groups in total. The summed E-state index contributed by atoms with van der Waals surface area (Å²) in [6.07, 6.45) is 0. The molecule has 5 heteroatoms. The lowest BCUT2D eigenvalue weighted by molar-refractivity contribution is -0.0265. The van der Waals surface area contributed by atoms with Crippen molar-refractivity contribution < 1.29 is 17.9 Å². The number of rotatable bonds is 4. The summed E-state index contributed by atoms with van der Waals surface area (Å²) in [5, 5.41) is 0. The van der Waals surface area contributed by atoms with E-state index in [-0.39, 0.29) is 0 Å². The van der Waals surface area contributed by atoms with E-state index >= 15 is 0 Å². The predicted octanol–water partition coefficient (Wildman–Crippen LogP) is 3.86. The zero-order chi connectivity index (χ0) is 14.9. The third kappa shape index (κ3) is 3.12. The average molecular weight is 293 g/mol. The van der Waals surface area contributed by atoms with Gasteiger partial charge in [0.1, 0.15) is 18.2 Å². The van der Waals surface area contributed by atoms with E-state index in [4.69, 9.17) is 4.74 Å². The SMILES string of the molecule is Fc1ccc(OCc2ccccc2)c(N2CC(F)(F)C2)c1. The van der Waals surface area contributed by atoms with E-state index in [9.17, 15) is 13.2 Å². The molecule has 3 rings (SSSR count). The predicted molar refractivity (Wildman–Crippen MR) is 74.3 cm³/mol. The summed E-state index contributed by atoms with van der Waals surface area (Å²) in [5.41, 5.74) is 1.33. The molecule has 2 aromatic rings. The fourth-order valence-corrected chi connectivity index (χ4v) is 2.28. The Balaban J connectivity index is 1.76. The Labute approximate surface area is 120 Å². The minimum absolute atomic E-state index is 0.309. The molecule has 1 aliphatic heterocycles. The van der Waals surface area contributed by atoms with Crippen molar-refractivity contribution in [1.29, 1.82) is 0 Å². The molecule has 1 heterocycles. The van der Waals surface area contributed by atoms with Crippen molar-refractivity contribution in [2.45, 2.75) is 12.5 Å². The highest BCUT2D eigenvalue weighted by molar-refractivity contribution is 5.61. The number of ether oxygens (including phenoxy) is 1. The van der Waals surface area contributed by atoms with Gasteiger partial charge < -0.3 is 9.64 Å². The van der Waals surface area contributed by atoms with Crippen LogP contribution in [0.1, 0.15) is 5.56 Å². The van der Waals surface area contributed by atoms with Gasteiger partial charge in [-0.25, -0.2) is 13.2 Å². The second kappa shape index (κ2) is 5.31. The van der Waals surface area contributed by atoms with E-state index in [2.05, 4.69) is 0 Å². The van der Waals surface area contributed by atoms with Crippen molar-refractivity contribution in [2.75, 3.05) is 18.0 Å². The molecule has 110 valence electrons. The molecule has 21 heavy (non-hydrogen) atoms. The molecule has 0 spiro atoms. The Kier molecular flexibility index (Phi) is 3.49. The summed E-state index contributed by atoms with van der Waals surface area (Å²) in [7, 11) is 0. The van der Waals surface area contributed by atoms with Crippen LogP contribution in [0.25, 0.3) is 0 Å². The number of hydrogen-bond acceptors (Lipinski definition) is 2. The summed E-state index contributed by atoms with van der Waals surface area (Å²) in [4.78, 5) is 1.42. The maximum Gasteiger partial charge on any atom is 0.282 e. The molecule has 2 nitrogen and oxygen atoms in total. The highest BCUT2D eigenvalue weighted by Gasteiger charge is 2.44.